The molecule has 2 aromatic carbocycles. The highest BCUT2D eigenvalue weighted by Crippen LogP contribution is 2.28. The second kappa shape index (κ2) is 8.37. The predicted molar refractivity (Wildman–Crippen MR) is 116 cm³/mol. The van der Waals surface area contributed by atoms with Gasteiger partial charge in [0.15, 0.2) is 0 Å². The molecule has 4 rings (SSSR count). The van der Waals surface area contributed by atoms with Gasteiger partial charge in [-0.15, -0.1) is 10.2 Å². The number of rotatable bonds is 6. The van der Waals surface area contributed by atoms with Crippen LogP contribution < -0.4 is 5.32 Å². The third-order valence-corrected chi connectivity index (χ3v) is 5.23. The molecule has 0 saturated carbocycles. The average molecular weight is 400 g/mol. The van der Waals surface area contributed by atoms with Crippen LogP contribution in [0.15, 0.2) is 71.1 Å². The Morgan fingerprint density at radius 2 is 1.63 bits per heavy atom. The average Bonchev–Trinajstić information content (AvgIpc) is 3.35. The van der Waals surface area contributed by atoms with Gasteiger partial charge in [-0.25, -0.2) is 0 Å². The first-order valence-electron chi connectivity index (χ1n) is 9.93. The Balaban J connectivity index is 1.51. The van der Waals surface area contributed by atoms with E-state index >= 15 is 0 Å². The Bertz CT molecular complexity index is 1150. The summed E-state index contributed by atoms with van der Waals surface area (Å²) in [5.74, 6) is 0.881. The lowest BCUT2D eigenvalue weighted by atomic mass is 10.1. The van der Waals surface area contributed by atoms with E-state index in [0.29, 0.717) is 11.8 Å². The summed E-state index contributed by atoms with van der Waals surface area (Å²) in [6.45, 7) is 6.15. The van der Waals surface area contributed by atoms with Gasteiger partial charge in [-0.1, -0.05) is 48.5 Å². The molecule has 1 unspecified atom stereocenters. The topological polar surface area (TPSA) is 73.0 Å². The smallest absolute Gasteiger partial charge is 0.249 e. The summed E-state index contributed by atoms with van der Waals surface area (Å²) in [6, 6.07) is 21.5. The fraction of sp³-hybridized carbons (Fsp3) is 0.208. The highest BCUT2D eigenvalue weighted by molar-refractivity contribution is 5.77. The third kappa shape index (κ3) is 4.03. The number of aromatic nitrogens is 3. The van der Waals surface area contributed by atoms with Gasteiger partial charge < -0.3 is 14.3 Å². The van der Waals surface area contributed by atoms with Crippen molar-refractivity contribution in [3.63, 3.8) is 0 Å². The van der Waals surface area contributed by atoms with Gasteiger partial charge in [0.1, 0.15) is 6.54 Å². The second-order valence-corrected chi connectivity index (χ2v) is 7.35. The molecule has 0 aliphatic heterocycles. The molecule has 0 fully saturated rings. The van der Waals surface area contributed by atoms with E-state index in [1.165, 1.54) is 0 Å². The van der Waals surface area contributed by atoms with Crippen molar-refractivity contribution >= 4 is 5.91 Å². The minimum atomic E-state index is -0.0567. The minimum absolute atomic E-state index is 0.0461. The number of nitrogens with zero attached hydrogens (tertiary/aromatic N) is 3. The molecule has 2 heterocycles. The van der Waals surface area contributed by atoms with Gasteiger partial charge >= 0.3 is 0 Å². The van der Waals surface area contributed by atoms with Crippen LogP contribution in [0.4, 0.5) is 0 Å². The fourth-order valence-electron chi connectivity index (χ4n) is 3.55. The van der Waals surface area contributed by atoms with E-state index < -0.39 is 0 Å². The zero-order chi connectivity index (χ0) is 21.1. The number of hydrogen-bond donors (Lipinski definition) is 1. The fourth-order valence-corrected chi connectivity index (χ4v) is 3.55. The normalized spacial score (nSPS) is 12.0. The van der Waals surface area contributed by atoms with Gasteiger partial charge in [0.25, 0.3) is 0 Å². The van der Waals surface area contributed by atoms with Crippen LogP contribution in [0.25, 0.3) is 22.9 Å². The molecule has 6 nitrogen and oxygen atoms in total. The molecule has 6 heteroatoms. The molecule has 152 valence electrons. The molecular weight excluding hydrogens is 376 g/mol. The van der Waals surface area contributed by atoms with E-state index in [-0.39, 0.29) is 18.5 Å². The van der Waals surface area contributed by atoms with Crippen LogP contribution in [-0.4, -0.2) is 20.7 Å². The summed E-state index contributed by atoms with van der Waals surface area (Å²) < 4.78 is 7.86. The Kier molecular flexibility index (Phi) is 5.48. The maximum absolute atomic E-state index is 12.7. The third-order valence-electron chi connectivity index (χ3n) is 5.23. The van der Waals surface area contributed by atoms with Crippen molar-refractivity contribution in [3.05, 3.63) is 83.7 Å². The van der Waals surface area contributed by atoms with E-state index in [9.17, 15) is 4.79 Å². The maximum Gasteiger partial charge on any atom is 0.249 e. The Morgan fingerprint density at radius 3 is 2.33 bits per heavy atom. The number of carbonyl (C=O) groups is 1. The highest BCUT2D eigenvalue weighted by atomic mass is 16.4. The zero-order valence-corrected chi connectivity index (χ0v) is 17.3. The van der Waals surface area contributed by atoms with Gasteiger partial charge in [0.2, 0.25) is 17.7 Å². The lowest BCUT2D eigenvalue weighted by Crippen LogP contribution is -2.30. The zero-order valence-electron chi connectivity index (χ0n) is 17.3. The summed E-state index contributed by atoms with van der Waals surface area (Å²) in [6.07, 6.45) is 0. The van der Waals surface area contributed by atoms with E-state index in [0.717, 1.165) is 28.1 Å². The van der Waals surface area contributed by atoms with Gasteiger partial charge in [0.05, 0.1) is 11.6 Å². The molecule has 1 N–H and O–H groups in total. The molecule has 0 aliphatic carbocycles. The number of carbonyl (C=O) groups excluding carboxylic acids is 1. The molecular formula is C24H24N4O2. The number of amides is 1. The molecule has 4 aromatic rings. The van der Waals surface area contributed by atoms with Crippen molar-refractivity contribution in [1.29, 1.82) is 0 Å². The number of aryl methyl sites for hydroxylation is 1. The van der Waals surface area contributed by atoms with Gasteiger partial charge in [-0.05, 0) is 44.5 Å². The van der Waals surface area contributed by atoms with Crippen LogP contribution in [-0.2, 0) is 11.3 Å². The van der Waals surface area contributed by atoms with E-state index in [1.54, 1.807) is 0 Å². The van der Waals surface area contributed by atoms with Crippen LogP contribution in [0.5, 0.6) is 0 Å². The van der Waals surface area contributed by atoms with Crippen LogP contribution in [0.1, 0.15) is 29.9 Å². The lowest BCUT2D eigenvalue weighted by Gasteiger charge is -2.16. The number of benzene rings is 2. The highest BCUT2D eigenvalue weighted by Gasteiger charge is 2.19. The second-order valence-electron chi connectivity index (χ2n) is 7.35. The monoisotopic (exact) mass is 400 g/mol. The molecule has 0 aliphatic rings. The van der Waals surface area contributed by atoms with Gasteiger partial charge in [-0.3, -0.25) is 4.79 Å². The molecule has 0 spiro atoms. The Hall–Kier alpha value is -3.67. The van der Waals surface area contributed by atoms with E-state index in [2.05, 4.69) is 15.5 Å². The first kappa shape index (κ1) is 19.6. The summed E-state index contributed by atoms with van der Waals surface area (Å²) in [5, 5.41) is 11.4. The van der Waals surface area contributed by atoms with Gasteiger partial charge in [-0.2, -0.15) is 0 Å². The minimum Gasteiger partial charge on any atom is -0.416 e. The van der Waals surface area contributed by atoms with Crippen LogP contribution in [0, 0.1) is 13.8 Å². The van der Waals surface area contributed by atoms with E-state index in [1.807, 2.05) is 92.1 Å². The van der Waals surface area contributed by atoms with Crippen molar-refractivity contribution < 1.29 is 9.21 Å². The van der Waals surface area contributed by atoms with Crippen molar-refractivity contribution in [2.24, 2.45) is 0 Å². The first-order valence-corrected chi connectivity index (χ1v) is 9.93. The molecule has 0 radical (unpaired) electrons. The predicted octanol–water partition coefficient (Wildman–Crippen LogP) is 4.70. The molecule has 30 heavy (non-hydrogen) atoms. The van der Waals surface area contributed by atoms with Crippen molar-refractivity contribution in [2.45, 2.75) is 33.4 Å². The number of hydrogen-bond acceptors (Lipinski definition) is 4. The molecule has 1 amide bonds. The Morgan fingerprint density at radius 1 is 1.00 bits per heavy atom. The summed E-state index contributed by atoms with van der Waals surface area (Å²) in [5.41, 5.74) is 4.67. The lowest BCUT2D eigenvalue weighted by molar-refractivity contribution is -0.122. The molecule has 2 aromatic heterocycles. The van der Waals surface area contributed by atoms with Gasteiger partial charge in [0, 0.05) is 17.0 Å². The Labute approximate surface area is 175 Å². The van der Waals surface area contributed by atoms with Crippen LogP contribution in [0.3, 0.4) is 0 Å². The van der Waals surface area contributed by atoms with Crippen molar-refractivity contribution in [2.75, 3.05) is 0 Å². The van der Waals surface area contributed by atoms with E-state index in [4.69, 9.17) is 4.42 Å². The van der Waals surface area contributed by atoms with Crippen molar-refractivity contribution in [3.8, 4) is 22.9 Å². The standard InChI is InChI=1S/C24H24N4O2/c1-16-14-21(24-27-26-23(30-24)20-12-8-5-9-13-20)18(3)28(16)15-22(29)25-17(2)19-10-6-4-7-11-19/h4-14,17H,15H2,1-3H3,(H,25,29). The molecule has 0 bridgehead atoms. The SMILES string of the molecule is Cc1cc(-c2nnc(-c3ccccc3)o2)c(C)n1CC(=O)NC(C)c1ccccc1. The maximum atomic E-state index is 12.7. The van der Waals surface area contributed by atoms with Crippen molar-refractivity contribution in [1.82, 2.24) is 20.1 Å². The van der Waals surface area contributed by atoms with Crippen LogP contribution >= 0.6 is 0 Å². The summed E-state index contributed by atoms with van der Waals surface area (Å²) in [7, 11) is 0. The quantitative estimate of drug-likeness (QED) is 0.509. The summed E-state index contributed by atoms with van der Waals surface area (Å²) >= 11 is 0. The molecule has 1 atom stereocenters. The number of nitrogens with one attached hydrogen (secondary N) is 1. The largest absolute Gasteiger partial charge is 0.416 e. The molecule has 0 saturated heterocycles. The first-order chi connectivity index (χ1) is 14.5. The summed E-state index contributed by atoms with van der Waals surface area (Å²) in [4.78, 5) is 12.7. The van der Waals surface area contributed by atoms with Crippen LogP contribution in [0.2, 0.25) is 0 Å².